The monoisotopic (exact) mass is 284 g/mol. The van der Waals surface area contributed by atoms with Gasteiger partial charge in [0.2, 0.25) is 0 Å². The minimum absolute atomic E-state index is 0.286. The van der Waals surface area contributed by atoms with Gasteiger partial charge in [-0.05, 0) is 50.3 Å². The first-order valence-corrected chi connectivity index (χ1v) is 7.21. The quantitative estimate of drug-likeness (QED) is 0.895. The first kappa shape index (κ1) is 14.6. The maximum absolute atomic E-state index is 10.3. The van der Waals surface area contributed by atoms with Crippen molar-refractivity contribution >= 4 is 11.6 Å². The molecule has 4 heteroatoms. The normalized spacial score (nSPS) is 21.1. The summed E-state index contributed by atoms with van der Waals surface area (Å²) in [4.78, 5) is 0. The predicted molar refractivity (Wildman–Crippen MR) is 75.8 cm³/mol. The van der Waals surface area contributed by atoms with Crippen molar-refractivity contribution in [2.24, 2.45) is 0 Å². The van der Waals surface area contributed by atoms with Crippen LogP contribution in [0.3, 0.4) is 0 Å². The van der Waals surface area contributed by atoms with Crippen LogP contribution < -0.4 is 4.74 Å². The van der Waals surface area contributed by atoms with Gasteiger partial charge in [-0.1, -0.05) is 11.6 Å². The van der Waals surface area contributed by atoms with Crippen molar-refractivity contribution in [3.63, 3.8) is 0 Å². The first-order chi connectivity index (χ1) is 9.20. The Bertz CT molecular complexity index is 402. The summed E-state index contributed by atoms with van der Waals surface area (Å²) in [5.41, 5.74) is 0.755. The van der Waals surface area contributed by atoms with E-state index in [4.69, 9.17) is 21.1 Å². The van der Waals surface area contributed by atoms with E-state index in [1.165, 1.54) is 6.42 Å². The summed E-state index contributed by atoms with van der Waals surface area (Å²) in [5.74, 6) is 0.682. The summed E-state index contributed by atoms with van der Waals surface area (Å²) in [7, 11) is 1.60. The zero-order chi connectivity index (χ0) is 13.7. The van der Waals surface area contributed by atoms with Gasteiger partial charge >= 0.3 is 0 Å². The molecular formula is C15H21ClO3. The summed E-state index contributed by atoms with van der Waals surface area (Å²) in [6.07, 6.45) is 4.74. The van der Waals surface area contributed by atoms with Gasteiger partial charge in [0.1, 0.15) is 5.75 Å². The summed E-state index contributed by atoms with van der Waals surface area (Å²) in [6.45, 7) is 0.848. The van der Waals surface area contributed by atoms with Gasteiger partial charge in [-0.15, -0.1) is 0 Å². The number of hydrogen-bond acceptors (Lipinski definition) is 3. The number of methoxy groups -OCH3 is 1. The number of aliphatic hydroxyl groups excluding tert-OH is 1. The highest BCUT2D eigenvalue weighted by atomic mass is 35.5. The molecule has 19 heavy (non-hydrogen) atoms. The van der Waals surface area contributed by atoms with Crippen molar-refractivity contribution in [1.82, 2.24) is 0 Å². The maximum atomic E-state index is 10.3. The SMILES string of the molecule is COc1ccc(Cl)cc1C(O)CCC1CCCCO1. The Kier molecular flexibility index (Phi) is 5.49. The average Bonchev–Trinajstić information content (AvgIpc) is 2.46. The minimum atomic E-state index is -0.556. The lowest BCUT2D eigenvalue weighted by atomic mass is 9.98. The summed E-state index contributed by atoms with van der Waals surface area (Å²) in [5, 5.41) is 10.9. The fourth-order valence-electron chi connectivity index (χ4n) is 2.50. The van der Waals surface area contributed by atoms with Gasteiger partial charge in [-0.25, -0.2) is 0 Å². The smallest absolute Gasteiger partial charge is 0.124 e. The van der Waals surface area contributed by atoms with Crippen LogP contribution in [0.2, 0.25) is 5.02 Å². The van der Waals surface area contributed by atoms with Crippen molar-refractivity contribution in [1.29, 1.82) is 0 Å². The molecule has 1 heterocycles. The van der Waals surface area contributed by atoms with Crippen molar-refractivity contribution < 1.29 is 14.6 Å². The topological polar surface area (TPSA) is 38.7 Å². The third-order valence-corrected chi connectivity index (χ3v) is 3.82. The van der Waals surface area contributed by atoms with E-state index in [9.17, 15) is 5.11 Å². The summed E-state index contributed by atoms with van der Waals surface area (Å²) >= 11 is 5.98. The molecule has 2 unspecified atom stereocenters. The fraction of sp³-hybridized carbons (Fsp3) is 0.600. The van der Waals surface area contributed by atoms with Crippen LogP contribution in [0.15, 0.2) is 18.2 Å². The molecule has 1 aromatic rings. The molecule has 2 rings (SSSR count). The van der Waals surface area contributed by atoms with Crippen LogP contribution in [-0.4, -0.2) is 24.9 Å². The van der Waals surface area contributed by atoms with E-state index < -0.39 is 6.10 Å². The van der Waals surface area contributed by atoms with Crippen LogP contribution in [-0.2, 0) is 4.74 Å². The molecule has 1 aliphatic rings. The fourth-order valence-corrected chi connectivity index (χ4v) is 2.68. The summed E-state index contributed by atoms with van der Waals surface area (Å²) < 4.78 is 10.9. The van der Waals surface area contributed by atoms with E-state index in [1.807, 2.05) is 0 Å². The largest absolute Gasteiger partial charge is 0.496 e. The van der Waals surface area contributed by atoms with Gasteiger partial charge in [0.15, 0.2) is 0 Å². The van der Waals surface area contributed by atoms with Crippen LogP contribution in [0.4, 0.5) is 0 Å². The molecule has 1 N–H and O–H groups in total. The van der Waals surface area contributed by atoms with E-state index in [-0.39, 0.29) is 6.10 Å². The molecule has 0 spiro atoms. The molecule has 106 valence electrons. The lowest BCUT2D eigenvalue weighted by molar-refractivity contribution is 0.00199. The minimum Gasteiger partial charge on any atom is -0.496 e. The molecule has 0 saturated carbocycles. The van der Waals surface area contributed by atoms with E-state index in [1.54, 1.807) is 25.3 Å². The second-order valence-electron chi connectivity index (χ2n) is 4.97. The van der Waals surface area contributed by atoms with Crippen LogP contribution in [0, 0.1) is 0 Å². The Hall–Kier alpha value is -0.770. The van der Waals surface area contributed by atoms with Gasteiger partial charge in [-0.3, -0.25) is 0 Å². The zero-order valence-electron chi connectivity index (χ0n) is 11.3. The third kappa shape index (κ3) is 4.10. The molecule has 1 aliphatic heterocycles. The zero-order valence-corrected chi connectivity index (χ0v) is 12.0. The van der Waals surface area contributed by atoms with E-state index in [0.717, 1.165) is 31.4 Å². The molecule has 0 radical (unpaired) electrons. The van der Waals surface area contributed by atoms with Crippen molar-refractivity contribution in [3.8, 4) is 5.75 Å². The molecule has 2 atom stereocenters. The highest BCUT2D eigenvalue weighted by Gasteiger charge is 2.18. The van der Waals surface area contributed by atoms with E-state index >= 15 is 0 Å². The molecule has 1 fully saturated rings. The number of aliphatic hydroxyl groups is 1. The second-order valence-corrected chi connectivity index (χ2v) is 5.40. The molecule has 0 aromatic heterocycles. The Labute approximate surface area is 119 Å². The molecule has 3 nitrogen and oxygen atoms in total. The number of ether oxygens (including phenoxy) is 2. The van der Waals surface area contributed by atoms with Gasteiger partial charge in [-0.2, -0.15) is 0 Å². The van der Waals surface area contributed by atoms with Crippen LogP contribution in [0.25, 0.3) is 0 Å². The van der Waals surface area contributed by atoms with Crippen LogP contribution in [0.1, 0.15) is 43.8 Å². The Morgan fingerprint density at radius 2 is 2.32 bits per heavy atom. The highest BCUT2D eigenvalue weighted by Crippen LogP contribution is 2.31. The van der Waals surface area contributed by atoms with Gasteiger partial charge in [0, 0.05) is 17.2 Å². The predicted octanol–water partition coefficient (Wildman–Crippen LogP) is 3.73. The molecule has 1 aromatic carbocycles. The number of halogens is 1. The average molecular weight is 285 g/mol. The van der Waals surface area contributed by atoms with Gasteiger partial charge in [0.05, 0.1) is 19.3 Å². The van der Waals surface area contributed by atoms with Crippen molar-refractivity contribution in [3.05, 3.63) is 28.8 Å². The molecule has 0 aliphatic carbocycles. The van der Waals surface area contributed by atoms with Crippen LogP contribution in [0.5, 0.6) is 5.75 Å². The first-order valence-electron chi connectivity index (χ1n) is 6.84. The van der Waals surface area contributed by atoms with E-state index in [2.05, 4.69) is 0 Å². The Morgan fingerprint density at radius 3 is 3.00 bits per heavy atom. The van der Waals surface area contributed by atoms with Gasteiger partial charge in [0.25, 0.3) is 0 Å². The van der Waals surface area contributed by atoms with Crippen LogP contribution >= 0.6 is 11.6 Å². The third-order valence-electron chi connectivity index (χ3n) is 3.59. The standard InChI is InChI=1S/C15H21ClO3/c1-18-15-8-5-11(16)10-13(15)14(17)7-6-12-4-2-3-9-19-12/h5,8,10,12,14,17H,2-4,6-7,9H2,1H3. The number of hydrogen-bond donors (Lipinski definition) is 1. The maximum Gasteiger partial charge on any atom is 0.124 e. The van der Waals surface area contributed by atoms with Crippen molar-refractivity contribution in [2.45, 2.75) is 44.3 Å². The van der Waals surface area contributed by atoms with Gasteiger partial charge < -0.3 is 14.6 Å². The number of rotatable bonds is 5. The lowest BCUT2D eigenvalue weighted by Crippen LogP contribution is -2.19. The van der Waals surface area contributed by atoms with E-state index in [0.29, 0.717) is 17.2 Å². The Morgan fingerprint density at radius 1 is 1.47 bits per heavy atom. The highest BCUT2D eigenvalue weighted by molar-refractivity contribution is 6.30. The Balaban J connectivity index is 1.94. The summed E-state index contributed by atoms with van der Waals surface area (Å²) in [6, 6.07) is 5.33. The number of benzene rings is 1. The molecular weight excluding hydrogens is 264 g/mol. The molecule has 0 bridgehead atoms. The molecule has 1 saturated heterocycles. The molecule has 0 amide bonds. The second kappa shape index (κ2) is 7.13. The van der Waals surface area contributed by atoms with Crippen molar-refractivity contribution in [2.75, 3.05) is 13.7 Å². The lowest BCUT2D eigenvalue weighted by Gasteiger charge is -2.24.